The van der Waals surface area contributed by atoms with Crippen LogP contribution in [0.25, 0.3) is 6.08 Å². The molecule has 2 aromatic carbocycles. The lowest BCUT2D eigenvalue weighted by Crippen LogP contribution is -2.12. The van der Waals surface area contributed by atoms with Crippen molar-refractivity contribution < 1.29 is 14.6 Å². The van der Waals surface area contributed by atoms with Gasteiger partial charge in [0.2, 0.25) is 0 Å². The van der Waals surface area contributed by atoms with Crippen molar-refractivity contribution in [3.05, 3.63) is 81.4 Å². The molecule has 0 bridgehead atoms. The smallest absolute Gasteiger partial charge is 0.344 e. The van der Waals surface area contributed by atoms with Crippen LogP contribution in [-0.2, 0) is 9.53 Å². The maximum Gasteiger partial charge on any atom is 0.344 e. The highest BCUT2D eigenvalue weighted by atomic mass is 35.5. The van der Waals surface area contributed by atoms with Crippen LogP contribution in [-0.4, -0.2) is 22.7 Å². The molecule has 1 N–H and O–H groups in total. The Balaban J connectivity index is 2.04. The van der Waals surface area contributed by atoms with E-state index < -0.39 is 5.97 Å². The molecule has 0 aliphatic carbocycles. The van der Waals surface area contributed by atoms with Gasteiger partial charge in [-0.3, -0.25) is 0 Å². The second-order valence-corrected chi connectivity index (χ2v) is 6.83. The van der Waals surface area contributed by atoms with Crippen LogP contribution in [0.1, 0.15) is 12.5 Å². The molecule has 2 aromatic rings. The third-order valence-electron chi connectivity index (χ3n) is 3.50. The van der Waals surface area contributed by atoms with Gasteiger partial charge in [0.15, 0.2) is 0 Å². The van der Waals surface area contributed by atoms with Gasteiger partial charge in [-0.15, -0.1) is 0 Å². The number of aliphatic imine (C=N–C) groups is 1. The van der Waals surface area contributed by atoms with Crippen molar-refractivity contribution in [2.45, 2.75) is 6.92 Å². The SMILES string of the molecule is CCOC(=O)C1=C(O)/C(=C\c2cccc(Cl)c2)SC1=Nc1ccccc1. The molecule has 1 aliphatic heterocycles. The van der Waals surface area contributed by atoms with E-state index >= 15 is 0 Å². The molecule has 1 heterocycles. The van der Waals surface area contributed by atoms with Crippen LogP contribution in [0.3, 0.4) is 0 Å². The van der Waals surface area contributed by atoms with Crippen molar-refractivity contribution in [1.29, 1.82) is 0 Å². The third kappa shape index (κ3) is 4.18. The molecule has 6 heteroatoms. The zero-order valence-corrected chi connectivity index (χ0v) is 15.6. The number of halogens is 1. The Morgan fingerprint density at radius 3 is 2.69 bits per heavy atom. The molecule has 0 aromatic heterocycles. The molecule has 0 saturated carbocycles. The average Bonchev–Trinajstić information content (AvgIpc) is 2.91. The van der Waals surface area contributed by atoms with E-state index in [1.54, 1.807) is 25.1 Å². The summed E-state index contributed by atoms with van der Waals surface area (Å²) in [4.78, 5) is 17.3. The normalized spacial score (nSPS) is 17.2. The molecule has 0 saturated heterocycles. The van der Waals surface area contributed by atoms with E-state index in [0.29, 0.717) is 20.7 Å². The molecule has 0 unspecified atom stereocenters. The van der Waals surface area contributed by atoms with Gasteiger partial charge in [-0.05, 0) is 42.8 Å². The molecule has 132 valence electrons. The van der Waals surface area contributed by atoms with Crippen LogP contribution in [0.2, 0.25) is 5.02 Å². The zero-order chi connectivity index (χ0) is 18.5. The summed E-state index contributed by atoms with van der Waals surface area (Å²) in [5, 5.41) is 11.6. The highest BCUT2D eigenvalue weighted by molar-refractivity contribution is 8.18. The van der Waals surface area contributed by atoms with Gasteiger partial charge in [-0.1, -0.05) is 53.7 Å². The Bertz CT molecular complexity index is 920. The molecule has 1 aliphatic rings. The van der Waals surface area contributed by atoms with E-state index in [0.717, 1.165) is 5.56 Å². The zero-order valence-electron chi connectivity index (χ0n) is 14.0. The van der Waals surface area contributed by atoms with E-state index in [4.69, 9.17) is 16.3 Å². The predicted molar refractivity (Wildman–Crippen MR) is 107 cm³/mol. The number of carbonyl (C=O) groups excluding carboxylic acids is 1. The lowest BCUT2D eigenvalue weighted by molar-refractivity contribution is -0.138. The summed E-state index contributed by atoms with van der Waals surface area (Å²) in [6.45, 7) is 1.93. The summed E-state index contributed by atoms with van der Waals surface area (Å²) in [5.41, 5.74) is 1.58. The second-order valence-electron chi connectivity index (χ2n) is 5.36. The van der Waals surface area contributed by atoms with E-state index in [1.807, 2.05) is 42.5 Å². The Morgan fingerprint density at radius 2 is 2.00 bits per heavy atom. The number of aliphatic hydroxyl groups is 1. The lowest BCUT2D eigenvalue weighted by Gasteiger charge is -2.03. The number of hydrogen-bond donors (Lipinski definition) is 1. The summed E-state index contributed by atoms with van der Waals surface area (Å²) >= 11 is 7.23. The molecule has 0 radical (unpaired) electrons. The quantitative estimate of drug-likeness (QED) is 0.702. The first-order valence-electron chi connectivity index (χ1n) is 7.98. The van der Waals surface area contributed by atoms with Crippen molar-refractivity contribution in [2.24, 2.45) is 4.99 Å². The Morgan fingerprint density at radius 1 is 1.23 bits per heavy atom. The van der Waals surface area contributed by atoms with Crippen LogP contribution in [0.5, 0.6) is 0 Å². The highest BCUT2D eigenvalue weighted by Gasteiger charge is 2.33. The summed E-state index contributed by atoms with van der Waals surface area (Å²) < 4.78 is 5.08. The highest BCUT2D eigenvalue weighted by Crippen LogP contribution is 2.40. The van der Waals surface area contributed by atoms with Gasteiger partial charge in [0.1, 0.15) is 16.4 Å². The average molecular weight is 386 g/mol. The molecule has 3 rings (SSSR count). The minimum absolute atomic E-state index is 0.0778. The number of nitrogens with zero attached hydrogens (tertiary/aromatic N) is 1. The Hall–Kier alpha value is -2.50. The topological polar surface area (TPSA) is 58.9 Å². The van der Waals surface area contributed by atoms with E-state index in [2.05, 4.69) is 4.99 Å². The number of ether oxygens (including phenoxy) is 1. The minimum Gasteiger partial charge on any atom is -0.506 e. The molecule has 0 atom stereocenters. The van der Waals surface area contributed by atoms with Crippen molar-refractivity contribution in [3.63, 3.8) is 0 Å². The lowest BCUT2D eigenvalue weighted by atomic mass is 10.1. The number of rotatable bonds is 4. The maximum absolute atomic E-state index is 12.3. The fourth-order valence-electron chi connectivity index (χ4n) is 2.36. The van der Waals surface area contributed by atoms with E-state index in [-0.39, 0.29) is 17.9 Å². The van der Waals surface area contributed by atoms with E-state index in [9.17, 15) is 9.90 Å². The third-order valence-corrected chi connectivity index (χ3v) is 4.76. The van der Waals surface area contributed by atoms with Gasteiger partial charge in [0.25, 0.3) is 0 Å². The number of benzene rings is 2. The van der Waals surface area contributed by atoms with E-state index in [1.165, 1.54) is 11.8 Å². The fourth-order valence-corrected chi connectivity index (χ4v) is 3.59. The molecule has 0 amide bonds. The van der Waals surface area contributed by atoms with Crippen molar-refractivity contribution in [2.75, 3.05) is 6.61 Å². The monoisotopic (exact) mass is 385 g/mol. The van der Waals surface area contributed by atoms with Gasteiger partial charge in [-0.2, -0.15) is 0 Å². The molecule has 0 fully saturated rings. The molecule has 0 spiro atoms. The Labute approximate surface area is 160 Å². The van der Waals surface area contributed by atoms with Gasteiger partial charge >= 0.3 is 5.97 Å². The van der Waals surface area contributed by atoms with Crippen LogP contribution in [0.4, 0.5) is 5.69 Å². The molecular formula is C20H16ClNO3S. The van der Waals surface area contributed by atoms with Crippen LogP contribution >= 0.6 is 23.4 Å². The van der Waals surface area contributed by atoms with Crippen LogP contribution in [0.15, 0.2) is 75.8 Å². The molecular weight excluding hydrogens is 370 g/mol. The van der Waals surface area contributed by atoms with Crippen molar-refractivity contribution in [1.82, 2.24) is 0 Å². The first-order valence-corrected chi connectivity index (χ1v) is 9.18. The number of esters is 1. The Kier molecular flexibility index (Phi) is 5.81. The summed E-state index contributed by atoms with van der Waals surface area (Å²) in [7, 11) is 0. The van der Waals surface area contributed by atoms with Crippen molar-refractivity contribution in [3.8, 4) is 0 Å². The first-order chi connectivity index (χ1) is 12.6. The predicted octanol–water partition coefficient (Wildman–Crippen LogP) is 5.53. The van der Waals surface area contributed by atoms with Gasteiger partial charge in [-0.25, -0.2) is 9.79 Å². The minimum atomic E-state index is -0.596. The summed E-state index contributed by atoms with van der Waals surface area (Å²) in [6, 6.07) is 16.5. The van der Waals surface area contributed by atoms with Crippen LogP contribution < -0.4 is 0 Å². The summed E-state index contributed by atoms with van der Waals surface area (Å²) in [5.74, 6) is -0.732. The largest absolute Gasteiger partial charge is 0.506 e. The maximum atomic E-state index is 12.3. The number of para-hydroxylation sites is 1. The van der Waals surface area contributed by atoms with Gasteiger partial charge < -0.3 is 9.84 Å². The number of thioether (sulfide) groups is 1. The second kappa shape index (κ2) is 8.25. The number of aliphatic hydroxyl groups excluding tert-OH is 1. The fraction of sp³-hybridized carbons (Fsp3) is 0.100. The van der Waals surface area contributed by atoms with Gasteiger partial charge in [0, 0.05) is 5.02 Å². The van der Waals surface area contributed by atoms with Gasteiger partial charge in [0.05, 0.1) is 17.2 Å². The standard InChI is InChI=1S/C20H16ClNO3S/c1-2-25-20(24)17-18(23)16(12-13-7-6-8-14(21)11-13)26-19(17)22-15-9-4-3-5-10-15/h3-12,23H,2H2,1H3/b16-12+,22-19?. The number of hydrogen-bond acceptors (Lipinski definition) is 5. The molecule has 26 heavy (non-hydrogen) atoms. The van der Waals surface area contributed by atoms with Crippen LogP contribution in [0, 0.1) is 0 Å². The van der Waals surface area contributed by atoms with Crippen molar-refractivity contribution >= 4 is 46.1 Å². The molecule has 4 nitrogen and oxygen atoms in total. The summed E-state index contributed by atoms with van der Waals surface area (Å²) in [6.07, 6.45) is 1.76. The first kappa shape index (κ1) is 18.3. The number of carbonyl (C=O) groups is 1.